The Labute approximate surface area is 140 Å². The van der Waals surface area contributed by atoms with E-state index in [2.05, 4.69) is 10.6 Å². The number of nitrogens with two attached hydrogens (primary N) is 1. The number of anilines is 1. The molecule has 0 unspecified atom stereocenters. The number of carbonyl (C=O) groups is 3. The molecule has 0 bridgehead atoms. The fourth-order valence-corrected chi connectivity index (χ4v) is 3.21. The maximum absolute atomic E-state index is 12.5. The molecule has 3 rings (SSSR count). The normalized spacial score (nSPS) is 20.0. The molecule has 1 aromatic rings. The van der Waals surface area contributed by atoms with E-state index in [1.54, 1.807) is 18.2 Å². The predicted molar refractivity (Wildman–Crippen MR) is 89.0 cm³/mol. The zero-order valence-corrected chi connectivity index (χ0v) is 13.5. The fraction of sp³-hybridized carbons (Fsp3) is 0.471. The lowest BCUT2D eigenvalue weighted by atomic mass is 9.82. The molecule has 1 heterocycles. The van der Waals surface area contributed by atoms with E-state index >= 15 is 0 Å². The Kier molecular flexibility index (Phi) is 4.53. The fourth-order valence-electron chi connectivity index (χ4n) is 3.21. The van der Waals surface area contributed by atoms with Crippen molar-refractivity contribution >= 4 is 23.5 Å². The van der Waals surface area contributed by atoms with Crippen LogP contribution in [0.2, 0.25) is 0 Å². The van der Waals surface area contributed by atoms with E-state index in [4.69, 9.17) is 5.73 Å². The van der Waals surface area contributed by atoms with Gasteiger partial charge in [0, 0.05) is 5.69 Å². The van der Waals surface area contributed by atoms with Gasteiger partial charge in [0.1, 0.15) is 0 Å². The van der Waals surface area contributed by atoms with Crippen LogP contribution in [0.25, 0.3) is 0 Å². The average Bonchev–Trinajstić information content (AvgIpc) is 2.88. The third kappa shape index (κ3) is 3.41. The summed E-state index contributed by atoms with van der Waals surface area (Å²) in [7, 11) is 0. The van der Waals surface area contributed by atoms with Crippen LogP contribution in [0.4, 0.5) is 10.5 Å². The molecule has 1 aliphatic heterocycles. The largest absolute Gasteiger partial charge is 0.329 e. The predicted octanol–water partition coefficient (Wildman–Crippen LogP) is 1.34. The molecule has 4 N–H and O–H groups in total. The summed E-state index contributed by atoms with van der Waals surface area (Å²) in [6.45, 7) is 0.215. The Morgan fingerprint density at radius 3 is 2.67 bits per heavy atom. The maximum Gasteiger partial charge on any atom is 0.324 e. The van der Waals surface area contributed by atoms with Crippen molar-refractivity contribution in [1.29, 1.82) is 0 Å². The number of urea groups is 1. The van der Waals surface area contributed by atoms with E-state index in [1.807, 2.05) is 6.07 Å². The zero-order chi connectivity index (χ0) is 17.2. The van der Waals surface area contributed by atoms with Crippen LogP contribution in [-0.4, -0.2) is 34.8 Å². The van der Waals surface area contributed by atoms with Crippen molar-refractivity contribution in [2.75, 3.05) is 11.9 Å². The van der Waals surface area contributed by atoms with Crippen LogP contribution in [-0.2, 0) is 16.1 Å². The van der Waals surface area contributed by atoms with Crippen LogP contribution in [0.3, 0.4) is 0 Å². The molecular formula is C17H22N4O3. The van der Waals surface area contributed by atoms with Gasteiger partial charge in [-0.25, -0.2) is 4.79 Å². The van der Waals surface area contributed by atoms with Gasteiger partial charge in [0.2, 0.25) is 11.8 Å². The van der Waals surface area contributed by atoms with E-state index in [1.165, 1.54) is 0 Å². The third-order valence-electron chi connectivity index (χ3n) is 4.66. The molecule has 2 aliphatic rings. The number of nitrogens with one attached hydrogen (secondary N) is 2. The number of carbonyl (C=O) groups excluding carboxylic acids is 3. The molecule has 1 aromatic carbocycles. The van der Waals surface area contributed by atoms with E-state index in [0.717, 1.165) is 29.7 Å². The van der Waals surface area contributed by atoms with E-state index in [0.29, 0.717) is 18.5 Å². The monoisotopic (exact) mass is 330 g/mol. The number of benzene rings is 1. The Bertz CT molecular complexity index is 652. The molecule has 1 saturated carbocycles. The van der Waals surface area contributed by atoms with Crippen molar-refractivity contribution in [2.24, 2.45) is 5.73 Å². The summed E-state index contributed by atoms with van der Waals surface area (Å²) in [6.07, 6.45) is 4.45. The molecule has 7 heteroatoms. The summed E-state index contributed by atoms with van der Waals surface area (Å²) in [5.74, 6) is -0.424. The van der Waals surface area contributed by atoms with Crippen LogP contribution in [0.1, 0.15) is 37.7 Å². The van der Waals surface area contributed by atoms with Crippen molar-refractivity contribution in [3.63, 3.8) is 0 Å². The number of rotatable bonds is 4. The molecule has 24 heavy (non-hydrogen) atoms. The first-order valence-corrected chi connectivity index (χ1v) is 8.25. The van der Waals surface area contributed by atoms with Gasteiger partial charge in [-0.05, 0) is 30.5 Å². The van der Waals surface area contributed by atoms with Crippen molar-refractivity contribution < 1.29 is 14.4 Å². The summed E-state index contributed by atoms with van der Waals surface area (Å²) >= 11 is 0. The standard InChI is InChI=1S/C17H22N4O3/c18-17(7-2-1-3-8-17)15(23)20-13-6-4-5-12(9-13)11-21-14(22)10-19-16(21)24/h4-6,9H,1-3,7-8,10-11,18H2,(H,19,24)(H,20,23). The zero-order valence-electron chi connectivity index (χ0n) is 13.5. The lowest BCUT2D eigenvalue weighted by molar-refractivity contribution is -0.125. The van der Waals surface area contributed by atoms with Crippen molar-refractivity contribution in [2.45, 2.75) is 44.2 Å². The molecule has 1 aliphatic carbocycles. The Morgan fingerprint density at radius 2 is 2.00 bits per heavy atom. The van der Waals surface area contributed by atoms with Gasteiger partial charge in [-0.15, -0.1) is 0 Å². The van der Waals surface area contributed by atoms with Crippen molar-refractivity contribution in [1.82, 2.24) is 10.2 Å². The average molecular weight is 330 g/mol. The summed E-state index contributed by atoms with van der Waals surface area (Å²) in [5.41, 5.74) is 6.83. The highest BCUT2D eigenvalue weighted by molar-refractivity contribution is 6.02. The van der Waals surface area contributed by atoms with Crippen molar-refractivity contribution in [3.8, 4) is 0 Å². The smallest absolute Gasteiger partial charge is 0.324 e. The minimum atomic E-state index is -0.806. The number of hydrogen-bond donors (Lipinski definition) is 3. The third-order valence-corrected chi connectivity index (χ3v) is 4.66. The second kappa shape index (κ2) is 6.60. The first-order chi connectivity index (χ1) is 11.5. The lowest BCUT2D eigenvalue weighted by Crippen LogP contribution is -2.52. The molecule has 7 nitrogen and oxygen atoms in total. The van der Waals surface area contributed by atoms with E-state index in [-0.39, 0.29) is 24.9 Å². The van der Waals surface area contributed by atoms with Crippen LogP contribution in [0.15, 0.2) is 24.3 Å². The number of hydrogen-bond acceptors (Lipinski definition) is 4. The summed E-state index contributed by atoms with van der Waals surface area (Å²) in [6, 6.07) is 6.75. The van der Waals surface area contributed by atoms with Crippen LogP contribution < -0.4 is 16.4 Å². The Hall–Kier alpha value is -2.41. The molecule has 0 aromatic heterocycles. The number of nitrogens with zero attached hydrogens (tertiary/aromatic N) is 1. The molecule has 2 fully saturated rings. The highest BCUT2D eigenvalue weighted by Crippen LogP contribution is 2.27. The minimum absolute atomic E-state index is 0.0327. The van der Waals surface area contributed by atoms with E-state index < -0.39 is 11.6 Å². The van der Waals surface area contributed by atoms with Gasteiger partial charge in [-0.2, -0.15) is 0 Å². The number of imide groups is 1. The van der Waals surface area contributed by atoms with Gasteiger partial charge in [0.05, 0.1) is 18.6 Å². The van der Waals surface area contributed by atoms with Gasteiger partial charge >= 0.3 is 6.03 Å². The van der Waals surface area contributed by atoms with Crippen LogP contribution in [0.5, 0.6) is 0 Å². The van der Waals surface area contributed by atoms with Crippen LogP contribution >= 0.6 is 0 Å². The topological polar surface area (TPSA) is 105 Å². The molecule has 128 valence electrons. The molecule has 0 atom stereocenters. The first-order valence-electron chi connectivity index (χ1n) is 8.25. The molecule has 0 spiro atoms. The van der Waals surface area contributed by atoms with Gasteiger partial charge in [-0.1, -0.05) is 31.4 Å². The highest BCUT2D eigenvalue weighted by atomic mass is 16.2. The molecule has 4 amide bonds. The minimum Gasteiger partial charge on any atom is -0.329 e. The summed E-state index contributed by atoms with van der Waals surface area (Å²) in [5, 5.41) is 5.36. The lowest BCUT2D eigenvalue weighted by Gasteiger charge is -2.31. The molecule has 1 saturated heterocycles. The highest BCUT2D eigenvalue weighted by Gasteiger charge is 2.35. The SMILES string of the molecule is NC1(C(=O)Nc2cccc(CN3C(=O)CNC3=O)c2)CCCCC1. The summed E-state index contributed by atoms with van der Waals surface area (Å²) < 4.78 is 0. The van der Waals surface area contributed by atoms with Gasteiger partial charge < -0.3 is 16.4 Å². The Morgan fingerprint density at radius 1 is 1.25 bits per heavy atom. The quantitative estimate of drug-likeness (QED) is 0.725. The Balaban J connectivity index is 1.68. The molecular weight excluding hydrogens is 308 g/mol. The van der Waals surface area contributed by atoms with Gasteiger partial charge in [0.25, 0.3) is 0 Å². The molecule has 0 radical (unpaired) electrons. The maximum atomic E-state index is 12.5. The number of amides is 4. The van der Waals surface area contributed by atoms with Crippen LogP contribution in [0, 0.1) is 0 Å². The second-order valence-corrected chi connectivity index (χ2v) is 6.51. The second-order valence-electron chi connectivity index (χ2n) is 6.51. The first kappa shape index (κ1) is 16.4. The summed E-state index contributed by atoms with van der Waals surface area (Å²) in [4.78, 5) is 36.9. The van der Waals surface area contributed by atoms with Gasteiger partial charge in [0.15, 0.2) is 0 Å². The van der Waals surface area contributed by atoms with E-state index in [9.17, 15) is 14.4 Å². The van der Waals surface area contributed by atoms with Gasteiger partial charge in [-0.3, -0.25) is 14.5 Å². The van der Waals surface area contributed by atoms with Crippen molar-refractivity contribution in [3.05, 3.63) is 29.8 Å².